The summed E-state index contributed by atoms with van der Waals surface area (Å²) in [5, 5.41) is 3.66. The minimum absolute atomic E-state index is 0.0296. The van der Waals surface area contributed by atoms with Crippen molar-refractivity contribution in [2.45, 2.75) is 6.10 Å². The van der Waals surface area contributed by atoms with Gasteiger partial charge < -0.3 is 14.8 Å². The molecule has 0 bridgehead atoms. The number of hydrogen-bond acceptors (Lipinski definition) is 4. The van der Waals surface area contributed by atoms with Crippen molar-refractivity contribution in [1.29, 1.82) is 0 Å². The summed E-state index contributed by atoms with van der Waals surface area (Å²) < 4.78 is 10.2. The van der Waals surface area contributed by atoms with Crippen LogP contribution in [-0.2, 0) is 9.47 Å². The van der Waals surface area contributed by atoms with Crippen LogP contribution < -0.4 is 5.32 Å². The van der Waals surface area contributed by atoms with Gasteiger partial charge in [0.05, 0.1) is 12.7 Å². The molecular formula is C10H15ClN2O2. The van der Waals surface area contributed by atoms with E-state index in [-0.39, 0.29) is 6.10 Å². The molecule has 0 spiro atoms. The Morgan fingerprint density at radius 2 is 2.33 bits per heavy atom. The van der Waals surface area contributed by atoms with E-state index in [2.05, 4.69) is 10.3 Å². The van der Waals surface area contributed by atoms with E-state index in [9.17, 15) is 0 Å². The largest absolute Gasteiger partial charge is 0.382 e. The zero-order chi connectivity index (χ0) is 11.1. The molecule has 0 fully saturated rings. The number of aromatic nitrogens is 1. The number of pyridine rings is 1. The summed E-state index contributed by atoms with van der Waals surface area (Å²) in [5.41, 5.74) is 0.924. The Balaban J connectivity index is 2.41. The van der Waals surface area contributed by atoms with E-state index in [0.717, 1.165) is 5.69 Å². The van der Waals surface area contributed by atoms with Crippen LogP contribution in [0.3, 0.4) is 0 Å². The Kier molecular flexibility index (Phi) is 5.39. The van der Waals surface area contributed by atoms with E-state index >= 15 is 0 Å². The lowest BCUT2D eigenvalue weighted by molar-refractivity contribution is 0.0365. The molecule has 4 nitrogen and oxygen atoms in total. The summed E-state index contributed by atoms with van der Waals surface area (Å²) >= 11 is 5.75. The first-order valence-electron chi connectivity index (χ1n) is 4.63. The van der Waals surface area contributed by atoms with Crippen LogP contribution >= 0.6 is 11.6 Å². The molecule has 0 aliphatic rings. The molecule has 0 aromatic carbocycles. The molecule has 1 rings (SSSR count). The van der Waals surface area contributed by atoms with Crippen LogP contribution in [-0.4, -0.2) is 38.5 Å². The van der Waals surface area contributed by atoms with Crippen LogP contribution in [0.4, 0.5) is 5.69 Å². The second kappa shape index (κ2) is 6.61. The van der Waals surface area contributed by atoms with Crippen LogP contribution in [0.2, 0.25) is 5.15 Å². The van der Waals surface area contributed by atoms with Gasteiger partial charge in [-0.25, -0.2) is 4.98 Å². The van der Waals surface area contributed by atoms with Gasteiger partial charge in [0.1, 0.15) is 5.15 Å². The van der Waals surface area contributed by atoms with E-state index in [1.807, 2.05) is 6.07 Å². The van der Waals surface area contributed by atoms with Crippen molar-refractivity contribution >= 4 is 17.3 Å². The van der Waals surface area contributed by atoms with Crippen LogP contribution in [0.15, 0.2) is 18.3 Å². The zero-order valence-electron chi connectivity index (χ0n) is 8.87. The third-order valence-electron chi connectivity index (χ3n) is 1.95. The van der Waals surface area contributed by atoms with Crippen LogP contribution in [0.5, 0.6) is 0 Å². The van der Waals surface area contributed by atoms with Gasteiger partial charge in [-0.05, 0) is 12.1 Å². The van der Waals surface area contributed by atoms with Gasteiger partial charge in [-0.2, -0.15) is 0 Å². The average Bonchev–Trinajstić information content (AvgIpc) is 2.24. The summed E-state index contributed by atoms with van der Waals surface area (Å²) in [6.45, 7) is 1.23. The van der Waals surface area contributed by atoms with E-state index < -0.39 is 0 Å². The SMILES string of the molecule is COCC(CNc1ccnc(Cl)c1)OC. The maximum absolute atomic E-state index is 5.75. The number of hydrogen-bond donors (Lipinski definition) is 1. The summed E-state index contributed by atoms with van der Waals surface area (Å²) in [5.74, 6) is 0. The fraction of sp³-hybridized carbons (Fsp3) is 0.500. The van der Waals surface area contributed by atoms with E-state index in [0.29, 0.717) is 18.3 Å². The average molecular weight is 231 g/mol. The molecule has 15 heavy (non-hydrogen) atoms. The van der Waals surface area contributed by atoms with Crippen molar-refractivity contribution < 1.29 is 9.47 Å². The van der Waals surface area contributed by atoms with E-state index in [4.69, 9.17) is 21.1 Å². The van der Waals surface area contributed by atoms with Gasteiger partial charge in [-0.1, -0.05) is 11.6 Å². The lowest BCUT2D eigenvalue weighted by Gasteiger charge is -2.15. The van der Waals surface area contributed by atoms with Gasteiger partial charge in [-0.15, -0.1) is 0 Å². The highest BCUT2D eigenvalue weighted by Crippen LogP contribution is 2.11. The van der Waals surface area contributed by atoms with Gasteiger partial charge in [-0.3, -0.25) is 0 Å². The maximum Gasteiger partial charge on any atom is 0.131 e. The quantitative estimate of drug-likeness (QED) is 0.757. The molecule has 0 saturated heterocycles. The Hall–Kier alpha value is -0.840. The predicted molar refractivity (Wildman–Crippen MR) is 60.4 cm³/mol. The number of methoxy groups -OCH3 is 2. The highest BCUT2D eigenvalue weighted by molar-refractivity contribution is 6.29. The molecule has 1 heterocycles. The van der Waals surface area contributed by atoms with Crippen molar-refractivity contribution in [3.63, 3.8) is 0 Å². The monoisotopic (exact) mass is 230 g/mol. The van der Waals surface area contributed by atoms with Crippen molar-refractivity contribution in [2.24, 2.45) is 0 Å². The highest BCUT2D eigenvalue weighted by atomic mass is 35.5. The van der Waals surface area contributed by atoms with Gasteiger partial charge in [0.15, 0.2) is 0 Å². The third-order valence-corrected chi connectivity index (χ3v) is 2.15. The van der Waals surface area contributed by atoms with Gasteiger partial charge in [0, 0.05) is 32.6 Å². The van der Waals surface area contributed by atoms with Crippen molar-refractivity contribution in [1.82, 2.24) is 4.98 Å². The number of rotatable bonds is 6. The second-order valence-electron chi connectivity index (χ2n) is 3.06. The molecule has 0 amide bonds. The summed E-state index contributed by atoms with van der Waals surface area (Å²) in [6.07, 6.45) is 1.69. The first kappa shape index (κ1) is 12.2. The normalized spacial score (nSPS) is 12.5. The van der Waals surface area contributed by atoms with Crippen LogP contribution in [0, 0.1) is 0 Å². The molecule has 0 aliphatic heterocycles. The maximum atomic E-state index is 5.75. The third kappa shape index (κ3) is 4.46. The lowest BCUT2D eigenvalue weighted by atomic mass is 10.3. The zero-order valence-corrected chi connectivity index (χ0v) is 9.62. The smallest absolute Gasteiger partial charge is 0.131 e. The van der Waals surface area contributed by atoms with Crippen molar-refractivity contribution in [3.05, 3.63) is 23.5 Å². The molecule has 5 heteroatoms. The second-order valence-corrected chi connectivity index (χ2v) is 3.45. The molecule has 1 N–H and O–H groups in total. The molecule has 1 unspecified atom stereocenters. The Morgan fingerprint density at radius 1 is 1.53 bits per heavy atom. The van der Waals surface area contributed by atoms with Gasteiger partial charge in [0.25, 0.3) is 0 Å². The molecule has 1 aromatic heterocycles. The number of anilines is 1. The number of halogens is 1. The minimum atomic E-state index is 0.0296. The molecule has 1 aromatic rings. The highest BCUT2D eigenvalue weighted by Gasteiger charge is 2.06. The number of nitrogens with zero attached hydrogens (tertiary/aromatic N) is 1. The fourth-order valence-corrected chi connectivity index (χ4v) is 1.31. The first-order valence-corrected chi connectivity index (χ1v) is 5.01. The van der Waals surface area contributed by atoms with Gasteiger partial charge >= 0.3 is 0 Å². The van der Waals surface area contributed by atoms with Crippen molar-refractivity contribution in [3.8, 4) is 0 Å². The number of ether oxygens (including phenoxy) is 2. The Labute approximate surface area is 94.6 Å². The lowest BCUT2D eigenvalue weighted by Crippen LogP contribution is -2.26. The van der Waals surface area contributed by atoms with Crippen molar-refractivity contribution in [2.75, 3.05) is 32.7 Å². The first-order chi connectivity index (χ1) is 7.26. The van der Waals surface area contributed by atoms with E-state index in [1.54, 1.807) is 26.5 Å². The molecule has 1 atom stereocenters. The predicted octanol–water partition coefficient (Wildman–Crippen LogP) is 1.81. The Morgan fingerprint density at radius 3 is 2.93 bits per heavy atom. The standard InChI is InChI=1S/C10H15ClN2O2/c1-14-7-9(15-2)6-13-8-3-4-12-10(11)5-8/h3-5,9H,6-7H2,1-2H3,(H,12,13). The minimum Gasteiger partial charge on any atom is -0.382 e. The molecule has 84 valence electrons. The Bertz CT molecular complexity index is 297. The van der Waals surface area contributed by atoms with E-state index in [1.165, 1.54) is 0 Å². The molecule has 0 saturated carbocycles. The summed E-state index contributed by atoms with van der Waals surface area (Å²) in [7, 11) is 3.31. The summed E-state index contributed by atoms with van der Waals surface area (Å²) in [6, 6.07) is 3.62. The number of nitrogens with one attached hydrogen (secondary N) is 1. The molecule has 0 aliphatic carbocycles. The van der Waals surface area contributed by atoms with Gasteiger partial charge in [0.2, 0.25) is 0 Å². The van der Waals surface area contributed by atoms with Crippen LogP contribution in [0.25, 0.3) is 0 Å². The topological polar surface area (TPSA) is 43.4 Å². The van der Waals surface area contributed by atoms with Crippen LogP contribution in [0.1, 0.15) is 0 Å². The molecule has 0 radical (unpaired) electrons. The molecular weight excluding hydrogens is 216 g/mol. The summed E-state index contributed by atoms with van der Waals surface area (Å²) in [4.78, 5) is 3.89. The fourth-order valence-electron chi connectivity index (χ4n) is 1.14.